The van der Waals surface area contributed by atoms with Gasteiger partial charge in [0.25, 0.3) is 0 Å². The lowest BCUT2D eigenvalue weighted by Crippen LogP contribution is -2.26. The zero-order valence-electron chi connectivity index (χ0n) is 9.82. The summed E-state index contributed by atoms with van der Waals surface area (Å²) >= 11 is 4.11. The minimum atomic E-state index is -4.03. The number of rotatable bonds is 4. The van der Waals surface area contributed by atoms with Crippen LogP contribution < -0.4 is 5.32 Å². The first kappa shape index (κ1) is 14.6. The van der Waals surface area contributed by atoms with E-state index in [-0.39, 0.29) is 12.5 Å². The van der Waals surface area contributed by atoms with Crippen LogP contribution in [0.2, 0.25) is 0 Å². The second-order valence-corrected chi connectivity index (χ2v) is 7.58. The van der Waals surface area contributed by atoms with Gasteiger partial charge in [0.05, 0.1) is 2.88 Å². The minimum Gasteiger partial charge on any atom is -0.310 e. The molecule has 0 radical (unpaired) electrons. The maximum Gasteiger partial charge on any atom is 0.389 e. The lowest BCUT2D eigenvalue weighted by molar-refractivity contribution is -0.135. The molecule has 1 aliphatic rings. The molecule has 1 aliphatic carbocycles. The summed E-state index contributed by atoms with van der Waals surface area (Å²) in [5.41, 5.74) is 1.31. The largest absolute Gasteiger partial charge is 0.389 e. The number of nitrogens with one attached hydrogen (secondary N) is 1. The summed E-state index contributed by atoms with van der Waals surface area (Å²) in [4.78, 5) is 1.40. The second kappa shape index (κ2) is 6.09. The summed E-state index contributed by atoms with van der Waals surface area (Å²) in [5, 5.41) is 3.27. The Bertz CT molecular complexity index is 403. The molecule has 0 saturated heterocycles. The maximum absolute atomic E-state index is 12.0. The van der Waals surface area contributed by atoms with E-state index in [0.717, 1.165) is 19.3 Å². The van der Waals surface area contributed by atoms with Crippen molar-refractivity contribution in [3.8, 4) is 0 Å². The molecule has 0 spiro atoms. The molecular formula is C12H15F3INS. The summed E-state index contributed by atoms with van der Waals surface area (Å²) in [7, 11) is 0. The Kier molecular flexibility index (Phi) is 4.93. The first-order valence-corrected chi connectivity index (χ1v) is 7.93. The molecule has 102 valence electrons. The SMILES string of the molecule is FC(F)(F)CCCNC1CCCc2sc(I)cc21. The summed E-state index contributed by atoms with van der Waals surface area (Å²) in [6.45, 7) is 0.441. The maximum atomic E-state index is 12.0. The lowest BCUT2D eigenvalue weighted by atomic mass is 9.94. The van der Waals surface area contributed by atoms with Crippen molar-refractivity contribution in [2.75, 3.05) is 6.54 Å². The molecule has 0 fully saturated rings. The molecule has 0 amide bonds. The van der Waals surface area contributed by atoms with Crippen LogP contribution in [-0.2, 0) is 6.42 Å². The number of hydrogen-bond acceptors (Lipinski definition) is 2. The van der Waals surface area contributed by atoms with Gasteiger partial charge in [-0.25, -0.2) is 0 Å². The third-order valence-corrected chi connectivity index (χ3v) is 5.08. The van der Waals surface area contributed by atoms with Crippen molar-refractivity contribution < 1.29 is 13.2 Å². The van der Waals surface area contributed by atoms with Gasteiger partial charge in [-0.15, -0.1) is 11.3 Å². The molecule has 6 heteroatoms. The number of fused-ring (bicyclic) bond motifs is 1. The molecule has 1 aromatic rings. The van der Waals surface area contributed by atoms with E-state index in [0.29, 0.717) is 6.54 Å². The third kappa shape index (κ3) is 4.09. The van der Waals surface area contributed by atoms with Crippen molar-refractivity contribution in [2.45, 2.75) is 44.3 Å². The van der Waals surface area contributed by atoms with E-state index >= 15 is 0 Å². The Hall–Kier alpha value is 0.180. The highest BCUT2D eigenvalue weighted by Gasteiger charge is 2.27. The van der Waals surface area contributed by atoms with Gasteiger partial charge in [0, 0.05) is 17.3 Å². The Morgan fingerprint density at radius 3 is 2.94 bits per heavy atom. The van der Waals surface area contributed by atoms with Crippen LogP contribution in [0.15, 0.2) is 6.07 Å². The van der Waals surface area contributed by atoms with Crippen molar-refractivity contribution in [3.05, 3.63) is 19.4 Å². The first-order valence-electron chi connectivity index (χ1n) is 6.04. The first-order chi connectivity index (χ1) is 8.46. The fraction of sp³-hybridized carbons (Fsp3) is 0.667. The Morgan fingerprint density at radius 1 is 1.44 bits per heavy atom. The predicted molar refractivity (Wildman–Crippen MR) is 76.0 cm³/mol. The average molecular weight is 389 g/mol. The van der Waals surface area contributed by atoms with Gasteiger partial charge in [0.15, 0.2) is 0 Å². The molecule has 2 rings (SSSR count). The van der Waals surface area contributed by atoms with E-state index in [2.05, 4.69) is 34.0 Å². The van der Waals surface area contributed by atoms with E-state index in [1.807, 2.05) is 0 Å². The number of hydrogen-bond donors (Lipinski definition) is 1. The van der Waals surface area contributed by atoms with Crippen LogP contribution in [0.3, 0.4) is 0 Å². The molecule has 1 atom stereocenters. The van der Waals surface area contributed by atoms with Gasteiger partial charge < -0.3 is 5.32 Å². The van der Waals surface area contributed by atoms with Crippen molar-refractivity contribution in [1.29, 1.82) is 0 Å². The van der Waals surface area contributed by atoms with Gasteiger partial charge in [0.2, 0.25) is 0 Å². The molecule has 0 aliphatic heterocycles. The normalized spacial score (nSPS) is 19.9. The molecule has 0 saturated carbocycles. The van der Waals surface area contributed by atoms with Gasteiger partial charge in [-0.2, -0.15) is 13.2 Å². The van der Waals surface area contributed by atoms with E-state index in [9.17, 15) is 13.2 Å². The van der Waals surface area contributed by atoms with Gasteiger partial charge in [-0.1, -0.05) is 0 Å². The van der Waals surface area contributed by atoms with E-state index in [1.54, 1.807) is 11.3 Å². The minimum absolute atomic E-state index is 0.163. The van der Waals surface area contributed by atoms with E-state index < -0.39 is 12.6 Å². The molecule has 1 N–H and O–H groups in total. The topological polar surface area (TPSA) is 12.0 Å². The van der Waals surface area contributed by atoms with Crippen LogP contribution in [-0.4, -0.2) is 12.7 Å². The molecule has 0 aromatic carbocycles. The number of aryl methyl sites for hydroxylation is 1. The van der Waals surface area contributed by atoms with Crippen molar-refractivity contribution >= 4 is 33.9 Å². The highest BCUT2D eigenvalue weighted by atomic mass is 127. The van der Waals surface area contributed by atoms with Crippen LogP contribution in [0, 0.1) is 2.88 Å². The molecule has 1 aromatic heterocycles. The van der Waals surface area contributed by atoms with Crippen LogP contribution >= 0.6 is 33.9 Å². The monoisotopic (exact) mass is 389 g/mol. The van der Waals surface area contributed by atoms with E-state index in [1.165, 1.54) is 13.3 Å². The van der Waals surface area contributed by atoms with Crippen molar-refractivity contribution in [1.82, 2.24) is 5.32 Å². The van der Waals surface area contributed by atoms with Crippen LogP contribution in [0.1, 0.15) is 42.2 Å². The number of halogens is 4. The van der Waals surface area contributed by atoms with Crippen molar-refractivity contribution in [3.63, 3.8) is 0 Å². The summed E-state index contributed by atoms with van der Waals surface area (Å²) < 4.78 is 37.4. The Balaban J connectivity index is 1.84. The quantitative estimate of drug-likeness (QED) is 0.584. The van der Waals surface area contributed by atoms with Gasteiger partial charge >= 0.3 is 6.18 Å². The van der Waals surface area contributed by atoms with Crippen LogP contribution in [0.25, 0.3) is 0 Å². The summed E-state index contributed by atoms with van der Waals surface area (Å²) in [6.07, 6.45) is -1.29. The summed E-state index contributed by atoms with van der Waals surface area (Å²) in [6, 6.07) is 2.42. The Labute approximate surface area is 122 Å². The molecule has 0 bridgehead atoms. The fourth-order valence-corrected chi connectivity index (χ4v) is 4.42. The average Bonchev–Trinajstić information content (AvgIpc) is 2.64. The van der Waals surface area contributed by atoms with E-state index in [4.69, 9.17) is 0 Å². The zero-order valence-corrected chi connectivity index (χ0v) is 12.8. The van der Waals surface area contributed by atoms with Crippen molar-refractivity contribution in [2.24, 2.45) is 0 Å². The molecule has 18 heavy (non-hydrogen) atoms. The third-order valence-electron chi connectivity index (χ3n) is 3.11. The smallest absolute Gasteiger partial charge is 0.310 e. The number of alkyl halides is 3. The van der Waals surface area contributed by atoms with Crippen LogP contribution in [0.5, 0.6) is 0 Å². The Morgan fingerprint density at radius 2 is 2.22 bits per heavy atom. The summed E-state index contributed by atoms with van der Waals surface area (Å²) in [5.74, 6) is 0. The fourth-order valence-electron chi connectivity index (χ4n) is 2.30. The van der Waals surface area contributed by atoms with Crippen LogP contribution in [0.4, 0.5) is 13.2 Å². The zero-order chi connectivity index (χ0) is 13.2. The molecular weight excluding hydrogens is 374 g/mol. The number of thiophene rings is 1. The second-order valence-electron chi connectivity index (χ2n) is 4.55. The molecule has 1 unspecified atom stereocenters. The van der Waals surface area contributed by atoms with Gasteiger partial charge in [-0.05, 0) is 66.4 Å². The standard InChI is InChI=1S/C12H15F3INS/c13-12(14,15)5-2-6-17-9-3-1-4-10-8(9)7-11(16)18-10/h7,9,17H,1-6H2. The van der Waals surface area contributed by atoms with Gasteiger partial charge in [-0.3, -0.25) is 0 Å². The van der Waals surface area contributed by atoms with Gasteiger partial charge in [0.1, 0.15) is 0 Å². The molecule has 1 heterocycles. The highest BCUT2D eigenvalue weighted by molar-refractivity contribution is 14.1. The molecule has 1 nitrogen and oxygen atoms in total. The highest BCUT2D eigenvalue weighted by Crippen LogP contribution is 2.36. The lowest BCUT2D eigenvalue weighted by Gasteiger charge is -2.23. The predicted octanol–water partition coefficient (Wildman–Crippen LogP) is 4.66.